The Kier molecular flexibility index (Phi) is 9.25. The van der Waals surface area contributed by atoms with Gasteiger partial charge in [-0.3, -0.25) is 9.78 Å². The molecule has 0 saturated carbocycles. The topological polar surface area (TPSA) is 68.5 Å². The first-order valence-corrected chi connectivity index (χ1v) is 6.77. The maximum atomic E-state index is 12.2. The van der Waals surface area contributed by atoms with Crippen molar-refractivity contribution in [2.24, 2.45) is 5.73 Å². The summed E-state index contributed by atoms with van der Waals surface area (Å²) in [4.78, 5) is 17.9. The lowest BCUT2D eigenvalue weighted by Crippen LogP contribution is -2.39. The number of hydrogen-bond donors (Lipinski definition) is 1. The minimum absolute atomic E-state index is 0. The molecule has 2 rings (SSSR count). The fourth-order valence-corrected chi connectivity index (χ4v) is 1.77. The first-order valence-electron chi connectivity index (χ1n) is 6.77. The second kappa shape index (κ2) is 10.0. The molecule has 1 heterocycles. The molecule has 0 aliphatic rings. The van der Waals surface area contributed by atoms with Crippen LogP contribution in [0.1, 0.15) is 17.3 Å². The molecule has 2 aromatic rings. The molecule has 0 bridgehead atoms. The van der Waals surface area contributed by atoms with Crippen LogP contribution in [-0.2, 0) is 0 Å². The van der Waals surface area contributed by atoms with E-state index in [2.05, 4.69) is 4.98 Å². The standard InChI is InChI=1S/C16H19N3O2.2ClH/c1-12(10-17)19(2)16(20)13-5-7-14(8-6-13)21-15-4-3-9-18-11-15;;/h3-9,11-12H,10,17H2,1-2H3;2*1H. The third kappa shape index (κ3) is 5.71. The fraction of sp³-hybridized carbons (Fsp3) is 0.250. The molecule has 1 amide bonds. The Hall–Kier alpha value is -1.82. The van der Waals surface area contributed by atoms with Crippen LogP contribution in [0, 0.1) is 0 Å². The number of carbonyl (C=O) groups is 1. The zero-order valence-electron chi connectivity index (χ0n) is 13.0. The molecule has 0 fully saturated rings. The van der Waals surface area contributed by atoms with Crippen LogP contribution in [0.4, 0.5) is 0 Å². The smallest absolute Gasteiger partial charge is 0.253 e. The van der Waals surface area contributed by atoms with E-state index in [0.29, 0.717) is 23.6 Å². The third-order valence-electron chi connectivity index (χ3n) is 3.29. The van der Waals surface area contributed by atoms with E-state index < -0.39 is 0 Å². The Bertz CT molecular complexity index is 594. The van der Waals surface area contributed by atoms with Gasteiger partial charge in [0.15, 0.2) is 0 Å². The molecule has 0 aliphatic heterocycles. The van der Waals surface area contributed by atoms with Crippen LogP contribution in [0.5, 0.6) is 11.5 Å². The van der Waals surface area contributed by atoms with Crippen LogP contribution in [0.3, 0.4) is 0 Å². The minimum Gasteiger partial charge on any atom is -0.456 e. The van der Waals surface area contributed by atoms with Crippen LogP contribution in [0.15, 0.2) is 48.8 Å². The Morgan fingerprint density at radius 3 is 2.39 bits per heavy atom. The van der Waals surface area contributed by atoms with Crippen LogP contribution < -0.4 is 10.5 Å². The highest BCUT2D eigenvalue weighted by Gasteiger charge is 2.16. The molecule has 1 aromatic heterocycles. The van der Waals surface area contributed by atoms with E-state index in [1.807, 2.05) is 13.0 Å². The van der Waals surface area contributed by atoms with Crippen molar-refractivity contribution in [3.8, 4) is 11.5 Å². The number of likely N-dealkylation sites (N-methyl/N-ethyl adjacent to an activating group) is 1. The van der Waals surface area contributed by atoms with E-state index in [9.17, 15) is 4.79 Å². The summed E-state index contributed by atoms with van der Waals surface area (Å²) in [5.74, 6) is 1.26. The monoisotopic (exact) mass is 357 g/mol. The first-order chi connectivity index (χ1) is 10.1. The lowest BCUT2D eigenvalue weighted by atomic mass is 10.1. The molecule has 7 heteroatoms. The van der Waals surface area contributed by atoms with E-state index in [0.717, 1.165) is 0 Å². The minimum atomic E-state index is -0.0547. The highest BCUT2D eigenvalue weighted by molar-refractivity contribution is 5.94. The average molecular weight is 358 g/mol. The van der Waals surface area contributed by atoms with Crippen LogP contribution >= 0.6 is 24.8 Å². The predicted molar refractivity (Wildman–Crippen MR) is 95.9 cm³/mol. The van der Waals surface area contributed by atoms with Crippen LogP contribution in [0.25, 0.3) is 0 Å². The van der Waals surface area contributed by atoms with Crippen molar-refractivity contribution in [1.29, 1.82) is 0 Å². The van der Waals surface area contributed by atoms with Crippen LogP contribution in [-0.4, -0.2) is 35.4 Å². The first kappa shape index (κ1) is 21.2. The number of halogens is 2. The molecule has 2 N–H and O–H groups in total. The van der Waals surface area contributed by atoms with E-state index in [1.54, 1.807) is 54.7 Å². The Labute approximate surface area is 148 Å². The van der Waals surface area contributed by atoms with Gasteiger partial charge < -0.3 is 15.4 Å². The summed E-state index contributed by atoms with van der Waals surface area (Å²) in [5.41, 5.74) is 6.19. The fourth-order valence-electron chi connectivity index (χ4n) is 1.77. The number of pyridine rings is 1. The summed E-state index contributed by atoms with van der Waals surface area (Å²) in [7, 11) is 1.75. The summed E-state index contributed by atoms with van der Waals surface area (Å²) in [6.07, 6.45) is 3.32. The van der Waals surface area contributed by atoms with E-state index in [1.165, 1.54) is 0 Å². The van der Waals surface area contributed by atoms with Crippen molar-refractivity contribution in [2.45, 2.75) is 13.0 Å². The van der Waals surface area contributed by atoms with Gasteiger partial charge in [-0.15, -0.1) is 24.8 Å². The Morgan fingerprint density at radius 2 is 1.87 bits per heavy atom. The summed E-state index contributed by atoms with van der Waals surface area (Å²) < 4.78 is 5.63. The van der Waals surface area contributed by atoms with Gasteiger partial charge in [0.05, 0.1) is 6.20 Å². The van der Waals surface area contributed by atoms with E-state index >= 15 is 0 Å². The summed E-state index contributed by atoms with van der Waals surface area (Å²) in [6, 6.07) is 10.6. The SMILES string of the molecule is CC(CN)N(C)C(=O)c1ccc(Oc2cccnc2)cc1.Cl.Cl. The summed E-state index contributed by atoms with van der Waals surface area (Å²) in [5, 5.41) is 0. The lowest BCUT2D eigenvalue weighted by molar-refractivity contribution is 0.0748. The molecule has 23 heavy (non-hydrogen) atoms. The molecule has 1 unspecified atom stereocenters. The van der Waals surface area contributed by atoms with E-state index in [-0.39, 0.29) is 36.8 Å². The zero-order chi connectivity index (χ0) is 15.2. The maximum absolute atomic E-state index is 12.2. The zero-order valence-corrected chi connectivity index (χ0v) is 14.6. The quantitative estimate of drug-likeness (QED) is 0.892. The normalized spacial score (nSPS) is 10.7. The Balaban J connectivity index is 0.00000242. The molecule has 0 saturated heterocycles. The second-order valence-corrected chi connectivity index (χ2v) is 4.82. The molecule has 0 radical (unpaired) electrons. The van der Waals surface area contributed by atoms with Gasteiger partial charge in [-0.1, -0.05) is 0 Å². The van der Waals surface area contributed by atoms with Crippen molar-refractivity contribution in [3.05, 3.63) is 54.4 Å². The number of rotatable bonds is 5. The van der Waals surface area contributed by atoms with Gasteiger partial charge in [-0.2, -0.15) is 0 Å². The van der Waals surface area contributed by atoms with Gasteiger partial charge in [-0.25, -0.2) is 0 Å². The number of benzene rings is 1. The summed E-state index contributed by atoms with van der Waals surface area (Å²) >= 11 is 0. The largest absolute Gasteiger partial charge is 0.456 e. The predicted octanol–water partition coefficient (Wildman–Crippen LogP) is 3.14. The van der Waals surface area contributed by atoms with Crippen molar-refractivity contribution in [3.63, 3.8) is 0 Å². The summed E-state index contributed by atoms with van der Waals surface area (Å²) in [6.45, 7) is 2.35. The Morgan fingerprint density at radius 1 is 1.22 bits per heavy atom. The number of carbonyl (C=O) groups excluding carboxylic acids is 1. The molecular formula is C16H21Cl2N3O2. The number of nitrogens with two attached hydrogens (primary N) is 1. The molecular weight excluding hydrogens is 337 g/mol. The van der Waals surface area contributed by atoms with Crippen LogP contribution in [0.2, 0.25) is 0 Å². The van der Waals surface area contributed by atoms with Gasteiger partial charge in [0.2, 0.25) is 0 Å². The molecule has 5 nitrogen and oxygen atoms in total. The molecule has 126 valence electrons. The van der Waals surface area contributed by atoms with E-state index in [4.69, 9.17) is 10.5 Å². The molecule has 0 aliphatic carbocycles. The number of hydrogen-bond acceptors (Lipinski definition) is 4. The van der Waals surface area contributed by atoms with Crippen molar-refractivity contribution in [1.82, 2.24) is 9.88 Å². The highest BCUT2D eigenvalue weighted by atomic mass is 35.5. The van der Waals surface area contributed by atoms with Crippen molar-refractivity contribution < 1.29 is 9.53 Å². The number of nitrogens with zero attached hydrogens (tertiary/aromatic N) is 2. The third-order valence-corrected chi connectivity index (χ3v) is 3.29. The number of ether oxygens (including phenoxy) is 1. The van der Waals surface area contributed by atoms with Gasteiger partial charge >= 0.3 is 0 Å². The highest BCUT2D eigenvalue weighted by Crippen LogP contribution is 2.21. The van der Waals surface area contributed by atoms with Gasteiger partial charge in [0.1, 0.15) is 11.5 Å². The number of amides is 1. The maximum Gasteiger partial charge on any atom is 0.253 e. The average Bonchev–Trinajstić information content (AvgIpc) is 2.54. The van der Waals surface area contributed by atoms with Gasteiger partial charge in [0, 0.05) is 31.4 Å². The second-order valence-electron chi connectivity index (χ2n) is 4.82. The molecule has 1 aromatic carbocycles. The number of aromatic nitrogens is 1. The van der Waals surface area contributed by atoms with Gasteiger partial charge in [0.25, 0.3) is 5.91 Å². The molecule has 1 atom stereocenters. The molecule has 0 spiro atoms. The van der Waals surface area contributed by atoms with Crippen molar-refractivity contribution in [2.75, 3.05) is 13.6 Å². The van der Waals surface area contributed by atoms with Crippen molar-refractivity contribution >= 4 is 30.7 Å². The lowest BCUT2D eigenvalue weighted by Gasteiger charge is -2.23. The van der Waals surface area contributed by atoms with Gasteiger partial charge in [-0.05, 0) is 43.3 Å².